The second-order valence-corrected chi connectivity index (χ2v) is 7.96. The molecule has 162 valence electrons. The van der Waals surface area contributed by atoms with Gasteiger partial charge >= 0.3 is 5.97 Å². The Morgan fingerprint density at radius 1 is 1.00 bits per heavy atom. The highest BCUT2D eigenvalue weighted by molar-refractivity contribution is 7.99. The minimum atomic E-state index is -0.388. The summed E-state index contributed by atoms with van der Waals surface area (Å²) in [6.07, 6.45) is 0. The predicted octanol–water partition coefficient (Wildman–Crippen LogP) is 4.01. The molecule has 0 aliphatic heterocycles. The number of thioether (sulfide) groups is 1. The first-order valence-electron chi connectivity index (χ1n) is 10.0. The third-order valence-electron chi connectivity index (χ3n) is 4.58. The molecule has 0 unspecified atom stereocenters. The lowest BCUT2D eigenvalue weighted by Gasteiger charge is -2.07. The number of hydrogen-bond acceptors (Lipinski definition) is 7. The maximum absolute atomic E-state index is 12.4. The number of esters is 1. The molecule has 2 aromatic heterocycles. The molecule has 4 rings (SSSR count). The minimum Gasteiger partial charge on any atom is -0.462 e. The predicted molar refractivity (Wildman–Crippen MR) is 123 cm³/mol. The van der Waals surface area contributed by atoms with Gasteiger partial charge in [-0.15, -0.1) is 10.2 Å². The quantitative estimate of drug-likeness (QED) is 0.338. The maximum Gasteiger partial charge on any atom is 0.338 e. The molecular formula is C23H21N5O3S. The van der Waals surface area contributed by atoms with Crippen molar-refractivity contribution in [3.63, 3.8) is 0 Å². The highest BCUT2D eigenvalue weighted by Crippen LogP contribution is 2.21. The molecule has 0 radical (unpaired) electrons. The van der Waals surface area contributed by atoms with E-state index in [1.54, 1.807) is 35.7 Å². The van der Waals surface area contributed by atoms with E-state index in [0.29, 0.717) is 34.4 Å². The number of ether oxygens (including phenoxy) is 1. The molecule has 9 heteroatoms. The van der Waals surface area contributed by atoms with Gasteiger partial charge in [-0.05, 0) is 50.2 Å². The van der Waals surface area contributed by atoms with Gasteiger partial charge in [0.25, 0.3) is 0 Å². The van der Waals surface area contributed by atoms with Gasteiger partial charge in [0.1, 0.15) is 5.03 Å². The van der Waals surface area contributed by atoms with Crippen molar-refractivity contribution in [2.75, 3.05) is 17.7 Å². The van der Waals surface area contributed by atoms with Crippen LogP contribution in [-0.2, 0) is 9.53 Å². The van der Waals surface area contributed by atoms with Crippen LogP contribution in [0.15, 0.2) is 65.7 Å². The van der Waals surface area contributed by atoms with E-state index >= 15 is 0 Å². The number of carbonyl (C=O) groups is 2. The molecule has 2 aromatic carbocycles. The molecule has 0 aliphatic rings. The Morgan fingerprint density at radius 2 is 1.75 bits per heavy atom. The van der Waals surface area contributed by atoms with Crippen LogP contribution in [0.3, 0.4) is 0 Å². The van der Waals surface area contributed by atoms with Gasteiger partial charge in [-0.1, -0.05) is 41.6 Å². The maximum atomic E-state index is 12.4. The van der Waals surface area contributed by atoms with Crippen LogP contribution in [0.1, 0.15) is 22.8 Å². The number of nitrogens with zero attached hydrogens (tertiary/aromatic N) is 4. The largest absolute Gasteiger partial charge is 0.462 e. The fourth-order valence-electron chi connectivity index (χ4n) is 2.97. The summed E-state index contributed by atoms with van der Waals surface area (Å²) < 4.78 is 6.64. The van der Waals surface area contributed by atoms with Crippen molar-refractivity contribution in [3.8, 4) is 11.4 Å². The molecule has 0 bridgehead atoms. The summed E-state index contributed by atoms with van der Waals surface area (Å²) in [5.41, 5.74) is 3.76. The summed E-state index contributed by atoms with van der Waals surface area (Å²) in [7, 11) is 0. The summed E-state index contributed by atoms with van der Waals surface area (Å²) in [6.45, 7) is 4.10. The van der Waals surface area contributed by atoms with E-state index in [1.165, 1.54) is 11.8 Å². The van der Waals surface area contributed by atoms with Gasteiger partial charge in [0.15, 0.2) is 11.5 Å². The smallest absolute Gasteiger partial charge is 0.338 e. The number of aromatic nitrogens is 4. The van der Waals surface area contributed by atoms with Gasteiger partial charge in [0.05, 0.1) is 17.9 Å². The number of anilines is 1. The van der Waals surface area contributed by atoms with Crippen molar-refractivity contribution in [1.29, 1.82) is 0 Å². The number of carbonyl (C=O) groups excluding carboxylic acids is 2. The molecule has 32 heavy (non-hydrogen) atoms. The highest BCUT2D eigenvalue weighted by Gasteiger charge is 2.12. The Hall–Kier alpha value is -3.72. The minimum absolute atomic E-state index is 0.178. The third-order valence-corrected chi connectivity index (χ3v) is 5.50. The molecule has 4 aromatic rings. The third kappa shape index (κ3) is 4.94. The number of benzene rings is 2. The Morgan fingerprint density at radius 3 is 2.47 bits per heavy atom. The number of nitrogens with one attached hydrogen (secondary N) is 1. The lowest BCUT2D eigenvalue weighted by molar-refractivity contribution is -0.113. The van der Waals surface area contributed by atoms with Gasteiger partial charge in [0, 0.05) is 11.3 Å². The molecule has 1 amide bonds. The standard InChI is InChI=1S/C23H21N5O3S/c1-3-31-23(30)17-8-10-18(11-9-17)24-20(29)14-32-21-13-12-19-25-26-22(28(19)27-21)16-6-4-15(2)5-7-16/h4-13H,3,14H2,1-2H3,(H,24,29). The Balaban J connectivity index is 1.40. The van der Waals surface area contributed by atoms with Crippen LogP contribution in [-0.4, -0.2) is 44.0 Å². The zero-order chi connectivity index (χ0) is 22.5. The van der Waals surface area contributed by atoms with Crippen molar-refractivity contribution in [2.45, 2.75) is 18.9 Å². The monoisotopic (exact) mass is 447 g/mol. The molecule has 1 N–H and O–H groups in total. The van der Waals surface area contributed by atoms with Crippen LogP contribution in [0.25, 0.3) is 17.0 Å². The summed E-state index contributed by atoms with van der Waals surface area (Å²) in [6, 6.07) is 18.2. The van der Waals surface area contributed by atoms with Gasteiger partial charge in [0.2, 0.25) is 5.91 Å². The van der Waals surface area contributed by atoms with E-state index in [0.717, 1.165) is 11.1 Å². The van der Waals surface area contributed by atoms with E-state index in [-0.39, 0.29) is 17.6 Å². The van der Waals surface area contributed by atoms with Crippen molar-refractivity contribution in [1.82, 2.24) is 19.8 Å². The zero-order valence-corrected chi connectivity index (χ0v) is 18.4. The van der Waals surface area contributed by atoms with Crippen molar-refractivity contribution >= 4 is 35.0 Å². The van der Waals surface area contributed by atoms with E-state index in [9.17, 15) is 9.59 Å². The molecule has 0 saturated heterocycles. The summed E-state index contributed by atoms with van der Waals surface area (Å²) in [4.78, 5) is 24.1. The SMILES string of the molecule is CCOC(=O)c1ccc(NC(=O)CSc2ccc3nnc(-c4ccc(C)cc4)n3n2)cc1. The van der Waals surface area contributed by atoms with Crippen molar-refractivity contribution in [3.05, 3.63) is 71.8 Å². The average molecular weight is 448 g/mol. The average Bonchev–Trinajstić information content (AvgIpc) is 3.22. The van der Waals surface area contributed by atoms with E-state index in [4.69, 9.17) is 4.74 Å². The van der Waals surface area contributed by atoms with Crippen molar-refractivity contribution in [2.24, 2.45) is 0 Å². The lowest BCUT2D eigenvalue weighted by atomic mass is 10.1. The zero-order valence-electron chi connectivity index (χ0n) is 17.6. The van der Waals surface area contributed by atoms with Crippen LogP contribution < -0.4 is 5.32 Å². The first-order chi connectivity index (χ1) is 15.5. The topological polar surface area (TPSA) is 98.5 Å². The molecule has 0 spiro atoms. The first-order valence-corrected chi connectivity index (χ1v) is 11.0. The van der Waals surface area contributed by atoms with Crippen LogP contribution >= 0.6 is 11.8 Å². The number of amides is 1. The van der Waals surface area contributed by atoms with Crippen LogP contribution in [0, 0.1) is 6.92 Å². The van der Waals surface area contributed by atoms with E-state index < -0.39 is 0 Å². The summed E-state index contributed by atoms with van der Waals surface area (Å²) >= 11 is 1.31. The number of rotatable bonds is 7. The molecule has 0 aliphatic carbocycles. The molecule has 8 nitrogen and oxygen atoms in total. The van der Waals surface area contributed by atoms with Gasteiger partial charge < -0.3 is 10.1 Å². The Labute approximate surface area is 189 Å². The molecule has 0 atom stereocenters. The number of aryl methyl sites for hydroxylation is 1. The highest BCUT2D eigenvalue weighted by atomic mass is 32.2. The van der Waals surface area contributed by atoms with Crippen LogP contribution in [0.4, 0.5) is 5.69 Å². The molecular weight excluding hydrogens is 426 g/mol. The van der Waals surface area contributed by atoms with Gasteiger partial charge in [-0.25, -0.2) is 4.79 Å². The molecule has 2 heterocycles. The summed E-state index contributed by atoms with van der Waals surface area (Å²) in [5, 5.41) is 16.5. The van der Waals surface area contributed by atoms with E-state index in [1.807, 2.05) is 43.3 Å². The molecule has 0 fully saturated rings. The first kappa shape index (κ1) is 21.5. The van der Waals surface area contributed by atoms with E-state index in [2.05, 4.69) is 20.6 Å². The second-order valence-electron chi connectivity index (χ2n) is 6.97. The van der Waals surface area contributed by atoms with Crippen LogP contribution in [0.5, 0.6) is 0 Å². The number of fused-ring (bicyclic) bond motifs is 1. The lowest BCUT2D eigenvalue weighted by Crippen LogP contribution is -2.14. The Kier molecular flexibility index (Phi) is 6.46. The second kappa shape index (κ2) is 9.61. The van der Waals surface area contributed by atoms with Gasteiger partial charge in [-0.2, -0.15) is 9.61 Å². The van der Waals surface area contributed by atoms with Gasteiger partial charge in [-0.3, -0.25) is 4.79 Å². The van der Waals surface area contributed by atoms with Crippen molar-refractivity contribution < 1.29 is 14.3 Å². The number of hydrogen-bond donors (Lipinski definition) is 1. The fraction of sp³-hybridized carbons (Fsp3) is 0.174. The summed E-state index contributed by atoms with van der Waals surface area (Å²) in [5.74, 6) is 0.262. The normalized spacial score (nSPS) is 10.8. The fourth-order valence-corrected chi connectivity index (χ4v) is 3.63. The van der Waals surface area contributed by atoms with Crippen LogP contribution in [0.2, 0.25) is 0 Å². The molecule has 0 saturated carbocycles. The Bertz CT molecular complexity index is 1250.